The average Bonchev–Trinajstić information content (AvgIpc) is 2.35. The standard InChI is InChI=1S/C16H18N2O2/c1-11-7-12(2)9-14(8-11)20-10-16(19)18-15-6-4-5-13(3)17-15/h4-9H,10H2,1-3H3,(H,17,18,19). The fourth-order valence-electron chi connectivity index (χ4n) is 1.96. The van der Waals surface area contributed by atoms with Crippen molar-refractivity contribution in [3.05, 3.63) is 53.2 Å². The van der Waals surface area contributed by atoms with Gasteiger partial charge in [0.1, 0.15) is 11.6 Å². The highest BCUT2D eigenvalue weighted by atomic mass is 16.5. The summed E-state index contributed by atoms with van der Waals surface area (Å²) < 4.78 is 5.49. The van der Waals surface area contributed by atoms with E-state index in [0.717, 1.165) is 16.8 Å². The van der Waals surface area contributed by atoms with Gasteiger partial charge >= 0.3 is 0 Å². The molecule has 20 heavy (non-hydrogen) atoms. The number of ether oxygens (including phenoxy) is 1. The third kappa shape index (κ3) is 4.09. The van der Waals surface area contributed by atoms with E-state index in [2.05, 4.69) is 16.4 Å². The molecule has 4 heteroatoms. The highest BCUT2D eigenvalue weighted by Crippen LogP contribution is 2.16. The zero-order valence-electron chi connectivity index (χ0n) is 11.9. The van der Waals surface area contributed by atoms with E-state index in [9.17, 15) is 4.79 Å². The Labute approximate surface area is 118 Å². The second-order valence-corrected chi connectivity index (χ2v) is 4.82. The lowest BCUT2D eigenvalue weighted by atomic mass is 10.1. The smallest absolute Gasteiger partial charge is 0.263 e. The van der Waals surface area contributed by atoms with Gasteiger partial charge in [0.15, 0.2) is 6.61 Å². The summed E-state index contributed by atoms with van der Waals surface area (Å²) >= 11 is 0. The lowest BCUT2D eigenvalue weighted by molar-refractivity contribution is -0.118. The maximum Gasteiger partial charge on any atom is 0.263 e. The summed E-state index contributed by atoms with van der Waals surface area (Å²) in [6.45, 7) is 5.84. The van der Waals surface area contributed by atoms with Crippen molar-refractivity contribution in [2.45, 2.75) is 20.8 Å². The monoisotopic (exact) mass is 270 g/mol. The molecule has 0 saturated heterocycles. The van der Waals surface area contributed by atoms with Gasteiger partial charge in [-0.15, -0.1) is 0 Å². The van der Waals surface area contributed by atoms with Crippen molar-refractivity contribution in [2.24, 2.45) is 0 Å². The van der Waals surface area contributed by atoms with Crippen molar-refractivity contribution in [2.75, 3.05) is 11.9 Å². The van der Waals surface area contributed by atoms with E-state index in [1.54, 1.807) is 6.07 Å². The molecule has 0 aliphatic rings. The number of carbonyl (C=O) groups excluding carboxylic acids is 1. The quantitative estimate of drug-likeness (QED) is 0.929. The minimum atomic E-state index is -0.220. The molecule has 1 aromatic heterocycles. The van der Waals surface area contributed by atoms with Crippen LogP contribution < -0.4 is 10.1 Å². The first-order valence-electron chi connectivity index (χ1n) is 6.47. The number of aromatic nitrogens is 1. The van der Waals surface area contributed by atoms with Crippen LogP contribution in [0.2, 0.25) is 0 Å². The summed E-state index contributed by atoms with van der Waals surface area (Å²) in [5.41, 5.74) is 3.08. The van der Waals surface area contributed by atoms with E-state index in [-0.39, 0.29) is 12.5 Å². The van der Waals surface area contributed by atoms with Gasteiger partial charge in [-0.2, -0.15) is 0 Å². The fourth-order valence-corrected chi connectivity index (χ4v) is 1.96. The van der Waals surface area contributed by atoms with E-state index in [1.165, 1.54) is 0 Å². The number of nitrogens with zero attached hydrogens (tertiary/aromatic N) is 1. The topological polar surface area (TPSA) is 51.2 Å². The minimum Gasteiger partial charge on any atom is -0.484 e. The molecule has 0 atom stereocenters. The zero-order valence-corrected chi connectivity index (χ0v) is 11.9. The number of nitrogens with one attached hydrogen (secondary N) is 1. The van der Waals surface area contributed by atoms with Gasteiger partial charge in [0, 0.05) is 5.69 Å². The normalized spacial score (nSPS) is 10.2. The molecule has 0 radical (unpaired) electrons. The first-order valence-corrected chi connectivity index (χ1v) is 6.47. The molecule has 1 N–H and O–H groups in total. The summed E-state index contributed by atoms with van der Waals surface area (Å²) in [4.78, 5) is 16.0. The Morgan fingerprint density at radius 1 is 1.15 bits per heavy atom. The second-order valence-electron chi connectivity index (χ2n) is 4.82. The molecule has 4 nitrogen and oxygen atoms in total. The Balaban J connectivity index is 1.92. The van der Waals surface area contributed by atoms with Crippen molar-refractivity contribution in [3.8, 4) is 5.75 Å². The molecule has 0 bridgehead atoms. The Morgan fingerprint density at radius 2 is 1.85 bits per heavy atom. The zero-order chi connectivity index (χ0) is 14.5. The Bertz CT molecular complexity index is 603. The highest BCUT2D eigenvalue weighted by Gasteiger charge is 2.05. The predicted octanol–water partition coefficient (Wildman–Crippen LogP) is 3.02. The molecule has 2 aromatic rings. The summed E-state index contributed by atoms with van der Waals surface area (Å²) in [6.07, 6.45) is 0. The molecule has 0 unspecified atom stereocenters. The van der Waals surface area contributed by atoms with Gasteiger partial charge in [-0.3, -0.25) is 4.79 Å². The number of anilines is 1. The predicted molar refractivity (Wildman–Crippen MR) is 79.0 cm³/mol. The number of amides is 1. The van der Waals surface area contributed by atoms with E-state index in [0.29, 0.717) is 11.6 Å². The second kappa shape index (κ2) is 6.19. The van der Waals surface area contributed by atoms with Crippen LogP contribution in [0.4, 0.5) is 5.82 Å². The number of carbonyl (C=O) groups is 1. The minimum absolute atomic E-state index is 0.0293. The van der Waals surface area contributed by atoms with Crippen LogP contribution in [0.3, 0.4) is 0 Å². The number of hydrogen-bond acceptors (Lipinski definition) is 3. The molecule has 1 aromatic carbocycles. The number of benzene rings is 1. The average molecular weight is 270 g/mol. The van der Waals surface area contributed by atoms with Gasteiger partial charge in [0.05, 0.1) is 0 Å². The summed E-state index contributed by atoms with van der Waals surface area (Å²) in [7, 11) is 0. The number of rotatable bonds is 4. The van der Waals surface area contributed by atoms with Crippen LogP contribution in [-0.2, 0) is 4.79 Å². The molecular formula is C16H18N2O2. The Hall–Kier alpha value is -2.36. The first-order chi connectivity index (χ1) is 9.52. The first kappa shape index (κ1) is 14.1. The van der Waals surface area contributed by atoms with E-state index >= 15 is 0 Å². The van der Waals surface area contributed by atoms with Gasteiger partial charge in [0.2, 0.25) is 0 Å². The Morgan fingerprint density at radius 3 is 2.50 bits per heavy atom. The van der Waals surface area contributed by atoms with E-state index < -0.39 is 0 Å². The van der Waals surface area contributed by atoms with Crippen LogP contribution in [0, 0.1) is 20.8 Å². The van der Waals surface area contributed by atoms with Crippen LogP contribution in [0.1, 0.15) is 16.8 Å². The summed E-state index contributed by atoms with van der Waals surface area (Å²) in [6, 6.07) is 11.4. The SMILES string of the molecule is Cc1cc(C)cc(OCC(=O)Nc2cccc(C)n2)c1. The molecule has 0 fully saturated rings. The van der Waals surface area contributed by atoms with Crippen molar-refractivity contribution < 1.29 is 9.53 Å². The summed E-state index contributed by atoms with van der Waals surface area (Å²) in [5, 5.41) is 2.71. The fraction of sp³-hybridized carbons (Fsp3) is 0.250. The molecule has 0 aliphatic heterocycles. The van der Waals surface area contributed by atoms with Crippen LogP contribution in [-0.4, -0.2) is 17.5 Å². The van der Waals surface area contributed by atoms with Gasteiger partial charge in [-0.25, -0.2) is 4.98 Å². The molecular weight excluding hydrogens is 252 g/mol. The third-order valence-corrected chi connectivity index (χ3v) is 2.72. The number of pyridine rings is 1. The van der Waals surface area contributed by atoms with Crippen molar-refractivity contribution in [1.29, 1.82) is 0 Å². The van der Waals surface area contributed by atoms with Crippen molar-refractivity contribution >= 4 is 11.7 Å². The van der Waals surface area contributed by atoms with Crippen LogP contribution in [0.5, 0.6) is 5.75 Å². The maximum absolute atomic E-state index is 11.8. The third-order valence-electron chi connectivity index (χ3n) is 2.72. The van der Waals surface area contributed by atoms with Crippen molar-refractivity contribution in [3.63, 3.8) is 0 Å². The van der Waals surface area contributed by atoms with Gasteiger partial charge < -0.3 is 10.1 Å². The molecule has 2 rings (SSSR count). The number of hydrogen-bond donors (Lipinski definition) is 1. The lowest BCUT2D eigenvalue weighted by Crippen LogP contribution is -2.20. The van der Waals surface area contributed by atoms with Crippen LogP contribution in [0.25, 0.3) is 0 Å². The van der Waals surface area contributed by atoms with Crippen LogP contribution >= 0.6 is 0 Å². The van der Waals surface area contributed by atoms with Gasteiger partial charge in [-0.1, -0.05) is 12.1 Å². The Kier molecular flexibility index (Phi) is 4.35. The van der Waals surface area contributed by atoms with Crippen LogP contribution in [0.15, 0.2) is 36.4 Å². The van der Waals surface area contributed by atoms with E-state index in [4.69, 9.17) is 4.74 Å². The van der Waals surface area contributed by atoms with Gasteiger partial charge in [0.25, 0.3) is 5.91 Å². The van der Waals surface area contributed by atoms with Crippen molar-refractivity contribution in [1.82, 2.24) is 4.98 Å². The van der Waals surface area contributed by atoms with E-state index in [1.807, 2.05) is 45.0 Å². The van der Waals surface area contributed by atoms with Gasteiger partial charge in [-0.05, 0) is 56.2 Å². The molecule has 104 valence electrons. The molecule has 1 heterocycles. The largest absolute Gasteiger partial charge is 0.484 e. The number of aryl methyl sites for hydroxylation is 3. The highest BCUT2D eigenvalue weighted by molar-refractivity contribution is 5.90. The summed E-state index contributed by atoms with van der Waals surface area (Å²) in [5.74, 6) is 1.02. The molecule has 1 amide bonds. The maximum atomic E-state index is 11.8. The molecule has 0 aliphatic carbocycles. The molecule has 0 saturated carbocycles. The molecule has 0 spiro atoms. The lowest BCUT2D eigenvalue weighted by Gasteiger charge is -2.09.